The Morgan fingerprint density at radius 3 is 2.54 bits per heavy atom. The van der Waals surface area contributed by atoms with Crippen molar-refractivity contribution in [1.29, 1.82) is 0 Å². The molecule has 2 aromatic carbocycles. The van der Waals surface area contributed by atoms with Crippen LogP contribution in [-0.4, -0.2) is 29.7 Å². The standard InChI is InChI=1S/C21H23N3O2/c1-5-26-20-13-17(11-12-19(20)25-4)14-22-21-15(2)23-24(16(21)3)18-9-7-6-8-10-18/h6-14H,5H2,1-4H3. The molecule has 0 unspecified atom stereocenters. The molecule has 0 aliphatic rings. The number of para-hydroxylation sites is 1. The first-order chi connectivity index (χ1) is 12.6. The van der Waals surface area contributed by atoms with Crippen molar-refractivity contribution in [2.75, 3.05) is 13.7 Å². The van der Waals surface area contributed by atoms with Gasteiger partial charge in [0, 0.05) is 6.21 Å². The molecule has 3 rings (SSSR count). The smallest absolute Gasteiger partial charge is 0.161 e. The summed E-state index contributed by atoms with van der Waals surface area (Å²) in [5.74, 6) is 1.43. The van der Waals surface area contributed by atoms with Gasteiger partial charge in [0.1, 0.15) is 5.69 Å². The molecule has 0 aliphatic heterocycles. The molecule has 5 nitrogen and oxygen atoms in total. The number of hydrogen-bond donors (Lipinski definition) is 0. The third-order valence-electron chi connectivity index (χ3n) is 4.08. The van der Waals surface area contributed by atoms with Gasteiger partial charge in [0.15, 0.2) is 11.5 Å². The van der Waals surface area contributed by atoms with E-state index in [0.29, 0.717) is 18.1 Å². The Morgan fingerprint density at radius 2 is 1.85 bits per heavy atom. The molecule has 0 aliphatic carbocycles. The number of nitrogens with zero attached hydrogens (tertiary/aromatic N) is 3. The molecule has 0 amide bonds. The minimum atomic E-state index is 0.582. The number of benzene rings is 2. The van der Waals surface area contributed by atoms with E-state index in [4.69, 9.17) is 9.47 Å². The minimum absolute atomic E-state index is 0.582. The van der Waals surface area contributed by atoms with Crippen LogP contribution in [0.2, 0.25) is 0 Å². The molecule has 0 radical (unpaired) electrons. The molecular weight excluding hydrogens is 326 g/mol. The molecule has 0 saturated carbocycles. The first-order valence-corrected chi connectivity index (χ1v) is 8.60. The highest BCUT2D eigenvalue weighted by atomic mass is 16.5. The van der Waals surface area contributed by atoms with Gasteiger partial charge in [0.25, 0.3) is 0 Å². The summed E-state index contributed by atoms with van der Waals surface area (Å²) in [6, 6.07) is 15.8. The summed E-state index contributed by atoms with van der Waals surface area (Å²) >= 11 is 0. The number of hydrogen-bond acceptors (Lipinski definition) is 4. The summed E-state index contributed by atoms with van der Waals surface area (Å²) in [4.78, 5) is 4.67. The van der Waals surface area contributed by atoms with E-state index < -0.39 is 0 Å². The highest BCUT2D eigenvalue weighted by Crippen LogP contribution is 2.29. The van der Waals surface area contributed by atoms with E-state index >= 15 is 0 Å². The van der Waals surface area contributed by atoms with Gasteiger partial charge in [-0.25, -0.2) is 4.68 Å². The van der Waals surface area contributed by atoms with E-state index in [1.807, 2.05) is 80.2 Å². The quantitative estimate of drug-likeness (QED) is 0.609. The first-order valence-electron chi connectivity index (χ1n) is 8.60. The van der Waals surface area contributed by atoms with Crippen LogP contribution in [-0.2, 0) is 0 Å². The van der Waals surface area contributed by atoms with Gasteiger partial charge in [-0.3, -0.25) is 4.99 Å². The second kappa shape index (κ2) is 7.87. The summed E-state index contributed by atoms with van der Waals surface area (Å²) in [5, 5.41) is 4.63. The van der Waals surface area contributed by atoms with Gasteiger partial charge in [-0.15, -0.1) is 0 Å². The van der Waals surface area contributed by atoms with Crippen molar-refractivity contribution in [2.24, 2.45) is 4.99 Å². The van der Waals surface area contributed by atoms with Crippen LogP contribution >= 0.6 is 0 Å². The van der Waals surface area contributed by atoms with Crippen LogP contribution in [0, 0.1) is 13.8 Å². The fourth-order valence-electron chi connectivity index (χ4n) is 2.82. The van der Waals surface area contributed by atoms with E-state index in [0.717, 1.165) is 28.3 Å². The summed E-state index contributed by atoms with van der Waals surface area (Å²) in [5.41, 5.74) is 4.74. The monoisotopic (exact) mass is 349 g/mol. The van der Waals surface area contributed by atoms with E-state index in [2.05, 4.69) is 10.1 Å². The molecule has 0 fully saturated rings. The number of aryl methyl sites for hydroxylation is 1. The molecule has 0 saturated heterocycles. The minimum Gasteiger partial charge on any atom is -0.493 e. The van der Waals surface area contributed by atoms with Gasteiger partial charge in [-0.05, 0) is 56.7 Å². The molecule has 3 aromatic rings. The summed E-state index contributed by atoms with van der Waals surface area (Å²) < 4.78 is 12.9. The zero-order valence-corrected chi connectivity index (χ0v) is 15.6. The lowest BCUT2D eigenvalue weighted by Gasteiger charge is -2.09. The van der Waals surface area contributed by atoms with Crippen LogP contribution in [0.5, 0.6) is 11.5 Å². The van der Waals surface area contributed by atoms with Gasteiger partial charge in [-0.1, -0.05) is 18.2 Å². The first kappa shape index (κ1) is 17.7. The summed E-state index contributed by atoms with van der Waals surface area (Å²) in [6.07, 6.45) is 1.83. The van der Waals surface area contributed by atoms with Gasteiger partial charge < -0.3 is 9.47 Å². The second-order valence-electron chi connectivity index (χ2n) is 5.87. The van der Waals surface area contributed by atoms with Crippen molar-refractivity contribution >= 4 is 11.9 Å². The molecule has 0 N–H and O–H groups in total. The molecule has 0 spiro atoms. The molecule has 0 bridgehead atoms. The van der Waals surface area contributed by atoms with E-state index in [1.54, 1.807) is 7.11 Å². The Labute approximate surface area is 153 Å². The number of ether oxygens (including phenoxy) is 2. The largest absolute Gasteiger partial charge is 0.493 e. The molecule has 134 valence electrons. The predicted octanol–water partition coefficient (Wildman–Crippen LogP) is 4.65. The molecule has 26 heavy (non-hydrogen) atoms. The van der Waals surface area contributed by atoms with Crippen molar-refractivity contribution in [1.82, 2.24) is 9.78 Å². The van der Waals surface area contributed by atoms with Gasteiger partial charge in [0.2, 0.25) is 0 Å². The highest BCUT2D eigenvalue weighted by Gasteiger charge is 2.11. The fraction of sp³-hybridized carbons (Fsp3) is 0.238. The Morgan fingerprint density at radius 1 is 1.08 bits per heavy atom. The lowest BCUT2D eigenvalue weighted by molar-refractivity contribution is 0.311. The second-order valence-corrected chi connectivity index (χ2v) is 5.87. The third-order valence-corrected chi connectivity index (χ3v) is 4.08. The molecule has 1 aromatic heterocycles. The zero-order chi connectivity index (χ0) is 18.5. The maximum absolute atomic E-state index is 5.63. The van der Waals surface area contributed by atoms with Crippen molar-refractivity contribution in [3.63, 3.8) is 0 Å². The number of aliphatic imine (C=N–C) groups is 1. The maximum Gasteiger partial charge on any atom is 0.161 e. The zero-order valence-electron chi connectivity index (χ0n) is 15.6. The summed E-state index contributed by atoms with van der Waals surface area (Å²) in [6.45, 7) is 6.53. The highest BCUT2D eigenvalue weighted by molar-refractivity contribution is 5.83. The van der Waals surface area contributed by atoms with Crippen LogP contribution in [0.15, 0.2) is 53.5 Å². The number of aromatic nitrogens is 2. The van der Waals surface area contributed by atoms with Crippen LogP contribution in [0.1, 0.15) is 23.9 Å². The van der Waals surface area contributed by atoms with E-state index in [-0.39, 0.29) is 0 Å². The van der Waals surface area contributed by atoms with Crippen molar-refractivity contribution in [3.8, 4) is 17.2 Å². The molecule has 1 heterocycles. The normalized spacial score (nSPS) is 11.1. The van der Waals surface area contributed by atoms with Gasteiger partial charge in [-0.2, -0.15) is 5.10 Å². The third kappa shape index (κ3) is 3.61. The lowest BCUT2D eigenvalue weighted by Crippen LogP contribution is -1.98. The van der Waals surface area contributed by atoms with E-state index in [9.17, 15) is 0 Å². The van der Waals surface area contributed by atoms with Gasteiger partial charge in [0.05, 0.1) is 30.8 Å². The number of methoxy groups -OCH3 is 1. The maximum atomic E-state index is 5.63. The lowest BCUT2D eigenvalue weighted by atomic mass is 10.2. The Bertz CT molecular complexity index is 915. The van der Waals surface area contributed by atoms with Crippen LogP contribution in [0.25, 0.3) is 5.69 Å². The van der Waals surface area contributed by atoms with Gasteiger partial charge >= 0.3 is 0 Å². The molecule has 0 atom stereocenters. The van der Waals surface area contributed by atoms with Crippen LogP contribution < -0.4 is 9.47 Å². The van der Waals surface area contributed by atoms with Crippen molar-refractivity contribution < 1.29 is 9.47 Å². The molecular formula is C21H23N3O2. The number of rotatable bonds is 6. The summed E-state index contributed by atoms with van der Waals surface area (Å²) in [7, 11) is 1.64. The van der Waals surface area contributed by atoms with Crippen LogP contribution in [0.4, 0.5) is 5.69 Å². The van der Waals surface area contributed by atoms with Crippen LogP contribution in [0.3, 0.4) is 0 Å². The predicted molar refractivity (Wildman–Crippen MR) is 104 cm³/mol. The average Bonchev–Trinajstić information content (AvgIpc) is 2.95. The Kier molecular flexibility index (Phi) is 5.37. The van der Waals surface area contributed by atoms with Crippen molar-refractivity contribution in [2.45, 2.75) is 20.8 Å². The fourth-order valence-corrected chi connectivity index (χ4v) is 2.82. The van der Waals surface area contributed by atoms with Crippen molar-refractivity contribution in [3.05, 3.63) is 65.5 Å². The SMILES string of the molecule is CCOc1cc(C=Nc2c(C)nn(-c3ccccc3)c2C)ccc1OC. The topological polar surface area (TPSA) is 48.6 Å². The average molecular weight is 349 g/mol. The Balaban J connectivity index is 1.92. The Hall–Kier alpha value is -3.08. The van der Waals surface area contributed by atoms with E-state index in [1.165, 1.54) is 0 Å². The molecule has 5 heteroatoms.